The van der Waals surface area contributed by atoms with Crippen molar-refractivity contribution in [2.24, 2.45) is 0 Å². The van der Waals surface area contributed by atoms with Crippen molar-refractivity contribution in [3.8, 4) is 0 Å². The molecule has 3 rings (SSSR count). The quantitative estimate of drug-likeness (QED) is 0.699. The van der Waals surface area contributed by atoms with E-state index in [2.05, 4.69) is 25.5 Å². The number of benzene rings is 1. The van der Waals surface area contributed by atoms with Crippen LogP contribution >= 0.6 is 23.4 Å². The average molecular weight is 318 g/mol. The van der Waals surface area contributed by atoms with E-state index in [1.807, 2.05) is 42.5 Å². The molecule has 7 heteroatoms. The molecular formula is C14H12ClN5S. The zero-order valence-electron chi connectivity index (χ0n) is 11.0. The van der Waals surface area contributed by atoms with Crippen molar-refractivity contribution in [2.45, 2.75) is 10.9 Å². The van der Waals surface area contributed by atoms with E-state index in [0.717, 1.165) is 17.1 Å². The summed E-state index contributed by atoms with van der Waals surface area (Å²) in [5.41, 5.74) is 1.90. The van der Waals surface area contributed by atoms with E-state index in [1.165, 1.54) is 11.8 Å². The maximum absolute atomic E-state index is 5.85. The number of thioether (sulfide) groups is 1. The molecule has 1 aromatic carbocycles. The van der Waals surface area contributed by atoms with Crippen molar-refractivity contribution in [1.82, 2.24) is 20.2 Å². The van der Waals surface area contributed by atoms with Crippen molar-refractivity contribution < 1.29 is 0 Å². The minimum absolute atomic E-state index is 0.598. The van der Waals surface area contributed by atoms with E-state index >= 15 is 0 Å². The second kappa shape index (κ2) is 6.60. The number of halogens is 1. The maximum Gasteiger partial charge on any atom is 0.223 e. The van der Waals surface area contributed by atoms with Crippen molar-refractivity contribution in [1.29, 1.82) is 0 Å². The molecule has 0 aliphatic rings. The minimum atomic E-state index is 0.598. The summed E-state index contributed by atoms with van der Waals surface area (Å²) in [6.45, 7) is 0. The van der Waals surface area contributed by atoms with Gasteiger partial charge < -0.3 is 5.32 Å². The van der Waals surface area contributed by atoms with Gasteiger partial charge in [0.2, 0.25) is 11.1 Å². The normalized spacial score (nSPS) is 10.5. The van der Waals surface area contributed by atoms with Crippen LogP contribution < -0.4 is 5.32 Å². The van der Waals surface area contributed by atoms with Gasteiger partial charge in [0.1, 0.15) is 0 Å². The van der Waals surface area contributed by atoms with Crippen molar-refractivity contribution in [3.05, 3.63) is 59.4 Å². The monoisotopic (exact) mass is 317 g/mol. The standard InChI is InChI=1S/C14H12ClN5S/c15-10-4-6-11(7-5-10)17-13-18-14(20-19-13)21-9-12-3-1-2-8-16-12/h1-8H,9H2,(H2,17,18,19,20). The zero-order valence-corrected chi connectivity index (χ0v) is 12.5. The van der Waals surface area contributed by atoms with Crippen molar-refractivity contribution in [3.63, 3.8) is 0 Å². The fourth-order valence-electron chi connectivity index (χ4n) is 1.66. The summed E-state index contributed by atoms with van der Waals surface area (Å²) >= 11 is 7.38. The first kappa shape index (κ1) is 13.9. The van der Waals surface area contributed by atoms with Crippen LogP contribution in [0.3, 0.4) is 0 Å². The number of nitrogens with zero attached hydrogens (tertiary/aromatic N) is 3. The Kier molecular flexibility index (Phi) is 4.37. The first-order chi connectivity index (χ1) is 10.3. The lowest BCUT2D eigenvalue weighted by Crippen LogP contribution is -1.91. The number of rotatable bonds is 5. The minimum Gasteiger partial charge on any atom is -0.325 e. The molecule has 2 aromatic heterocycles. The fourth-order valence-corrected chi connectivity index (χ4v) is 2.50. The predicted molar refractivity (Wildman–Crippen MR) is 84.9 cm³/mol. The van der Waals surface area contributed by atoms with Gasteiger partial charge in [0.15, 0.2) is 0 Å². The van der Waals surface area contributed by atoms with E-state index in [9.17, 15) is 0 Å². The van der Waals surface area contributed by atoms with Crippen LogP contribution in [0.5, 0.6) is 0 Å². The Morgan fingerprint density at radius 1 is 1.14 bits per heavy atom. The Hall–Kier alpha value is -2.05. The van der Waals surface area contributed by atoms with Gasteiger partial charge in [-0.2, -0.15) is 4.98 Å². The third kappa shape index (κ3) is 3.96. The molecule has 21 heavy (non-hydrogen) atoms. The van der Waals surface area contributed by atoms with Crippen LogP contribution in [0.2, 0.25) is 5.02 Å². The molecule has 0 fully saturated rings. The van der Waals surface area contributed by atoms with Crippen LogP contribution in [0, 0.1) is 0 Å². The molecule has 0 spiro atoms. The third-order valence-corrected chi connectivity index (χ3v) is 3.78. The molecule has 0 bridgehead atoms. The Morgan fingerprint density at radius 2 is 2.00 bits per heavy atom. The maximum atomic E-state index is 5.85. The molecule has 5 nitrogen and oxygen atoms in total. The molecule has 0 atom stereocenters. The summed E-state index contributed by atoms with van der Waals surface area (Å²) in [5, 5.41) is 11.5. The van der Waals surface area contributed by atoms with E-state index in [1.54, 1.807) is 6.20 Å². The summed E-state index contributed by atoms with van der Waals surface area (Å²) in [5.74, 6) is 1.33. The third-order valence-electron chi connectivity index (χ3n) is 2.65. The summed E-state index contributed by atoms with van der Waals surface area (Å²) in [6.07, 6.45) is 1.78. The van der Waals surface area contributed by atoms with Crippen molar-refractivity contribution >= 4 is 35.0 Å². The number of aromatic nitrogens is 4. The Morgan fingerprint density at radius 3 is 2.76 bits per heavy atom. The number of pyridine rings is 1. The molecule has 0 aliphatic carbocycles. The number of nitrogens with one attached hydrogen (secondary N) is 2. The molecule has 0 radical (unpaired) electrons. The molecule has 0 amide bonds. The number of anilines is 2. The van der Waals surface area contributed by atoms with Crippen LogP contribution in [-0.4, -0.2) is 20.2 Å². The molecule has 0 aliphatic heterocycles. The van der Waals surface area contributed by atoms with Gasteiger partial charge in [0, 0.05) is 22.7 Å². The van der Waals surface area contributed by atoms with Crippen LogP contribution in [-0.2, 0) is 5.75 Å². The molecular weight excluding hydrogens is 306 g/mol. The van der Waals surface area contributed by atoms with Crippen LogP contribution in [0.4, 0.5) is 11.6 Å². The lowest BCUT2D eigenvalue weighted by molar-refractivity contribution is 0.971. The number of hydrogen-bond acceptors (Lipinski definition) is 5. The number of aromatic amines is 1. The molecule has 0 saturated heterocycles. The second-order valence-electron chi connectivity index (χ2n) is 4.21. The van der Waals surface area contributed by atoms with Crippen molar-refractivity contribution in [2.75, 3.05) is 5.32 Å². The molecule has 0 saturated carbocycles. The van der Waals surface area contributed by atoms with Crippen LogP contribution in [0.25, 0.3) is 0 Å². The SMILES string of the molecule is Clc1ccc(Nc2nc(SCc3ccccn3)n[nH]2)cc1. The van der Waals surface area contributed by atoms with E-state index in [4.69, 9.17) is 11.6 Å². The van der Waals surface area contributed by atoms with E-state index < -0.39 is 0 Å². The summed E-state index contributed by atoms with van der Waals surface area (Å²) in [7, 11) is 0. The Balaban J connectivity index is 1.59. The fraction of sp³-hybridized carbons (Fsp3) is 0.0714. The van der Waals surface area contributed by atoms with E-state index in [0.29, 0.717) is 16.1 Å². The number of hydrogen-bond donors (Lipinski definition) is 2. The zero-order chi connectivity index (χ0) is 14.5. The molecule has 2 N–H and O–H groups in total. The largest absolute Gasteiger partial charge is 0.325 e. The van der Waals surface area contributed by atoms with Gasteiger partial charge in [0.05, 0.1) is 5.69 Å². The Labute approximate surface area is 131 Å². The van der Waals surface area contributed by atoms with Gasteiger partial charge in [-0.05, 0) is 36.4 Å². The highest BCUT2D eigenvalue weighted by Gasteiger charge is 2.05. The highest BCUT2D eigenvalue weighted by Crippen LogP contribution is 2.21. The highest BCUT2D eigenvalue weighted by molar-refractivity contribution is 7.98. The average Bonchev–Trinajstić information content (AvgIpc) is 2.96. The van der Waals surface area contributed by atoms with Gasteiger partial charge >= 0.3 is 0 Å². The number of H-pyrrole nitrogens is 1. The molecule has 2 heterocycles. The van der Waals surface area contributed by atoms with Gasteiger partial charge in [0.25, 0.3) is 0 Å². The molecule has 106 valence electrons. The van der Waals surface area contributed by atoms with Gasteiger partial charge in [-0.25, -0.2) is 5.10 Å². The van der Waals surface area contributed by atoms with Gasteiger partial charge in [-0.3, -0.25) is 4.98 Å². The lowest BCUT2D eigenvalue weighted by atomic mass is 10.3. The van der Waals surface area contributed by atoms with E-state index in [-0.39, 0.29) is 0 Å². The van der Waals surface area contributed by atoms with Gasteiger partial charge in [-0.1, -0.05) is 29.4 Å². The summed E-state index contributed by atoms with van der Waals surface area (Å²) < 4.78 is 0. The first-order valence-electron chi connectivity index (χ1n) is 6.27. The second-order valence-corrected chi connectivity index (χ2v) is 5.59. The predicted octanol–water partition coefficient (Wildman–Crippen LogP) is 3.89. The lowest BCUT2D eigenvalue weighted by Gasteiger charge is -2.01. The highest BCUT2D eigenvalue weighted by atomic mass is 35.5. The Bertz CT molecular complexity index is 699. The van der Waals surface area contributed by atoms with Crippen LogP contribution in [0.15, 0.2) is 53.8 Å². The van der Waals surface area contributed by atoms with Gasteiger partial charge in [-0.15, -0.1) is 5.10 Å². The summed E-state index contributed by atoms with van der Waals surface area (Å²) in [6, 6.07) is 13.2. The summed E-state index contributed by atoms with van der Waals surface area (Å²) in [4.78, 5) is 8.63. The molecule has 3 aromatic rings. The molecule has 0 unspecified atom stereocenters. The smallest absolute Gasteiger partial charge is 0.223 e. The van der Waals surface area contributed by atoms with Crippen LogP contribution in [0.1, 0.15) is 5.69 Å². The topological polar surface area (TPSA) is 66.5 Å². The first-order valence-corrected chi connectivity index (χ1v) is 7.64.